The van der Waals surface area contributed by atoms with Crippen molar-refractivity contribution in [3.05, 3.63) is 80.1 Å². The van der Waals surface area contributed by atoms with Gasteiger partial charge in [-0.2, -0.15) is 0 Å². The van der Waals surface area contributed by atoms with Gasteiger partial charge < -0.3 is 5.11 Å². The number of hydrogen-bond donors (Lipinski definition) is 1. The molecule has 0 atom stereocenters. The van der Waals surface area contributed by atoms with E-state index in [2.05, 4.69) is 20.9 Å². The van der Waals surface area contributed by atoms with E-state index in [9.17, 15) is 14.3 Å². The number of halogens is 2. The van der Waals surface area contributed by atoms with Gasteiger partial charge in [-0.3, -0.25) is 14.1 Å². The first-order valence-corrected chi connectivity index (χ1v) is 9.02. The molecule has 5 nitrogen and oxygen atoms in total. The van der Waals surface area contributed by atoms with Crippen LogP contribution in [0.3, 0.4) is 0 Å². The second-order valence-electron chi connectivity index (χ2n) is 6.14. The molecular formula is C19H19BrFN3O2. The minimum Gasteiger partial charge on any atom is -0.395 e. The topological polar surface area (TPSA) is 57.8 Å². The fourth-order valence-corrected chi connectivity index (χ4v) is 3.29. The maximum Gasteiger partial charge on any atom is 0.258 e. The van der Waals surface area contributed by atoms with Crippen molar-refractivity contribution in [2.75, 3.05) is 13.2 Å². The van der Waals surface area contributed by atoms with Crippen LogP contribution in [-0.4, -0.2) is 32.5 Å². The van der Waals surface area contributed by atoms with Crippen molar-refractivity contribution in [1.29, 1.82) is 0 Å². The van der Waals surface area contributed by atoms with Crippen molar-refractivity contribution < 1.29 is 9.50 Å². The zero-order chi connectivity index (χ0) is 18.7. The highest BCUT2D eigenvalue weighted by Crippen LogP contribution is 2.18. The molecule has 0 amide bonds. The lowest BCUT2D eigenvalue weighted by atomic mass is 10.2. The van der Waals surface area contributed by atoms with E-state index in [0.717, 1.165) is 10.0 Å². The first-order chi connectivity index (χ1) is 12.5. The van der Waals surface area contributed by atoms with Gasteiger partial charge in [0.05, 0.1) is 12.3 Å². The van der Waals surface area contributed by atoms with E-state index < -0.39 is 0 Å². The normalized spacial score (nSPS) is 11.4. The number of aliphatic hydroxyl groups excluding tert-OH is 1. The Hall–Kier alpha value is -2.09. The van der Waals surface area contributed by atoms with Gasteiger partial charge in [-0.1, -0.05) is 22.0 Å². The van der Waals surface area contributed by atoms with E-state index >= 15 is 0 Å². The third-order valence-electron chi connectivity index (χ3n) is 4.14. The van der Waals surface area contributed by atoms with Crippen LogP contribution in [0.1, 0.15) is 16.8 Å². The zero-order valence-electron chi connectivity index (χ0n) is 14.3. The molecule has 0 bridgehead atoms. The SMILES string of the molecule is Cc1cccn2c(=O)cc(CN(CCO)Cc3cc(Br)ccc3F)nc12. The smallest absolute Gasteiger partial charge is 0.258 e. The third kappa shape index (κ3) is 4.17. The van der Waals surface area contributed by atoms with Crippen molar-refractivity contribution >= 4 is 21.6 Å². The second kappa shape index (κ2) is 8.07. The molecule has 0 unspecified atom stereocenters. The molecule has 0 aliphatic rings. The minimum atomic E-state index is -0.307. The Morgan fingerprint density at radius 1 is 1.27 bits per heavy atom. The summed E-state index contributed by atoms with van der Waals surface area (Å²) in [5.41, 5.74) is 2.45. The summed E-state index contributed by atoms with van der Waals surface area (Å²) in [5.74, 6) is -0.307. The summed E-state index contributed by atoms with van der Waals surface area (Å²) in [6.07, 6.45) is 1.68. The molecule has 0 aliphatic carbocycles. The number of aromatic nitrogens is 2. The molecule has 0 spiro atoms. The Balaban J connectivity index is 1.90. The molecule has 26 heavy (non-hydrogen) atoms. The van der Waals surface area contributed by atoms with Crippen LogP contribution in [0.15, 0.2) is 51.9 Å². The molecule has 2 heterocycles. The Morgan fingerprint density at radius 2 is 2.08 bits per heavy atom. The molecule has 0 fully saturated rings. The van der Waals surface area contributed by atoms with Crippen LogP contribution in [0.5, 0.6) is 0 Å². The summed E-state index contributed by atoms with van der Waals surface area (Å²) in [6, 6.07) is 9.94. The van der Waals surface area contributed by atoms with Gasteiger partial charge in [0.2, 0.25) is 0 Å². The van der Waals surface area contributed by atoms with Gasteiger partial charge in [-0.25, -0.2) is 9.37 Å². The molecule has 2 aromatic heterocycles. The average Bonchev–Trinajstić information content (AvgIpc) is 2.59. The van der Waals surface area contributed by atoms with E-state index in [4.69, 9.17) is 0 Å². The molecule has 3 aromatic rings. The van der Waals surface area contributed by atoms with Crippen LogP contribution < -0.4 is 5.56 Å². The summed E-state index contributed by atoms with van der Waals surface area (Å²) in [7, 11) is 0. The lowest BCUT2D eigenvalue weighted by molar-refractivity contribution is 0.181. The summed E-state index contributed by atoms with van der Waals surface area (Å²) >= 11 is 3.35. The second-order valence-corrected chi connectivity index (χ2v) is 7.06. The molecule has 0 saturated heterocycles. The van der Waals surface area contributed by atoms with Gasteiger partial charge in [0.25, 0.3) is 5.56 Å². The van der Waals surface area contributed by atoms with Crippen LogP contribution in [0.4, 0.5) is 4.39 Å². The van der Waals surface area contributed by atoms with Crippen LogP contribution >= 0.6 is 15.9 Å². The molecule has 0 saturated carbocycles. The highest BCUT2D eigenvalue weighted by atomic mass is 79.9. The van der Waals surface area contributed by atoms with E-state index in [0.29, 0.717) is 36.5 Å². The van der Waals surface area contributed by atoms with Crippen molar-refractivity contribution in [3.63, 3.8) is 0 Å². The number of nitrogens with zero attached hydrogens (tertiary/aromatic N) is 3. The quantitative estimate of drug-likeness (QED) is 0.667. The van der Waals surface area contributed by atoms with Gasteiger partial charge in [-0.15, -0.1) is 0 Å². The Kier molecular flexibility index (Phi) is 5.80. The number of aryl methyl sites for hydroxylation is 1. The average molecular weight is 420 g/mol. The third-order valence-corrected chi connectivity index (χ3v) is 4.64. The first-order valence-electron chi connectivity index (χ1n) is 8.23. The maximum absolute atomic E-state index is 14.1. The predicted octanol–water partition coefficient (Wildman–Crippen LogP) is 2.90. The molecule has 136 valence electrons. The molecule has 1 aromatic carbocycles. The van der Waals surface area contributed by atoms with Crippen molar-refractivity contribution in [2.24, 2.45) is 0 Å². The Labute approximate surface area is 158 Å². The largest absolute Gasteiger partial charge is 0.395 e. The molecule has 1 N–H and O–H groups in total. The summed E-state index contributed by atoms with van der Waals surface area (Å²) in [4.78, 5) is 18.8. The fourth-order valence-electron chi connectivity index (χ4n) is 2.88. The van der Waals surface area contributed by atoms with Crippen molar-refractivity contribution in [2.45, 2.75) is 20.0 Å². The monoisotopic (exact) mass is 419 g/mol. The zero-order valence-corrected chi connectivity index (χ0v) is 15.9. The van der Waals surface area contributed by atoms with Gasteiger partial charge in [-0.05, 0) is 36.8 Å². The molecule has 0 aliphatic heterocycles. The Morgan fingerprint density at radius 3 is 2.85 bits per heavy atom. The van der Waals surface area contributed by atoms with Gasteiger partial charge in [0.1, 0.15) is 11.5 Å². The van der Waals surface area contributed by atoms with Crippen LogP contribution in [0.2, 0.25) is 0 Å². The molecule has 3 rings (SSSR count). The van der Waals surface area contributed by atoms with Crippen molar-refractivity contribution in [3.8, 4) is 0 Å². The summed E-state index contributed by atoms with van der Waals surface area (Å²) in [5, 5.41) is 9.36. The van der Waals surface area contributed by atoms with E-state index in [-0.39, 0.29) is 18.0 Å². The lowest BCUT2D eigenvalue weighted by Gasteiger charge is -2.21. The number of benzene rings is 1. The highest BCUT2D eigenvalue weighted by Gasteiger charge is 2.13. The van der Waals surface area contributed by atoms with Gasteiger partial charge >= 0.3 is 0 Å². The number of rotatable bonds is 6. The van der Waals surface area contributed by atoms with Crippen LogP contribution in [-0.2, 0) is 13.1 Å². The summed E-state index contributed by atoms with van der Waals surface area (Å²) < 4.78 is 16.3. The summed E-state index contributed by atoms with van der Waals surface area (Å²) in [6.45, 7) is 2.82. The number of pyridine rings is 1. The number of aliphatic hydroxyl groups is 1. The van der Waals surface area contributed by atoms with Gasteiger partial charge in [0, 0.05) is 41.9 Å². The molecule has 7 heteroatoms. The lowest BCUT2D eigenvalue weighted by Crippen LogP contribution is -2.28. The van der Waals surface area contributed by atoms with Gasteiger partial charge in [0.15, 0.2) is 0 Å². The first kappa shape index (κ1) is 18.7. The van der Waals surface area contributed by atoms with E-state index in [1.807, 2.05) is 17.9 Å². The molecular weight excluding hydrogens is 401 g/mol. The maximum atomic E-state index is 14.1. The Bertz CT molecular complexity index is 990. The van der Waals surface area contributed by atoms with Crippen molar-refractivity contribution in [1.82, 2.24) is 14.3 Å². The van der Waals surface area contributed by atoms with E-state index in [1.165, 1.54) is 16.5 Å². The standard InChI is InChI=1S/C19H19BrFN3O2/c1-13-3-2-6-24-18(26)10-16(22-19(13)24)12-23(7-8-25)11-14-9-15(20)4-5-17(14)21/h2-6,9-10,25H,7-8,11-12H2,1H3. The predicted molar refractivity (Wildman–Crippen MR) is 101 cm³/mol. The fraction of sp³-hybridized carbons (Fsp3) is 0.263. The minimum absolute atomic E-state index is 0.0682. The number of fused-ring (bicyclic) bond motifs is 1. The highest BCUT2D eigenvalue weighted by molar-refractivity contribution is 9.10. The van der Waals surface area contributed by atoms with Crippen LogP contribution in [0, 0.1) is 12.7 Å². The number of hydrogen-bond acceptors (Lipinski definition) is 4. The van der Waals surface area contributed by atoms with E-state index in [1.54, 1.807) is 24.4 Å². The molecule has 0 radical (unpaired) electrons. The van der Waals surface area contributed by atoms with Crippen LogP contribution in [0.25, 0.3) is 5.65 Å².